The van der Waals surface area contributed by atoms with Crippen LogP contribution in [0.5, 0.6) is 5.75 Å². The Morgan fingerprint density at radius 1 is 0.831 bits per heavy atom. The number of para-hydroxylation sites is 1. The first-order chi connectivity index (χ1) is 31.5. The lowest BCUT2D eigenvalue weighted by atomic mass is 9.91. The highest BCUT2D eigenvalue weighted by Gasteiger charge is 2.24. The van der Waals surface area contributed by atoms with Crippen LogP contribution < -0.4 is 21.1 Å². The number of amides is 3. The van der Waals surface area contributed by atoms with Crippen LogP contribution in [0.15, 0.2) is 132 Å². The van der Waals surface area contributed by atoms with Crippen LogP contribution in [0.1, 0.15) is 73.8 Å². The van der Waals surface area contributed by atoms with Gasteiger partial charge in [0.25, 0.3) is 0 Å². The van der Waals surface area contributed by atoms with Gasteiger partial charge < -0.3 is 35.1 Å². The first kappa shape index (κ1) is 46.2. The summed E-state index contributed by atoms with van der Waals surface area (Å²) in [4.78, 5) is 57.2. The third kappa shape index (κ3) is 12.9. The SMILES string of the molecule is C[C@@H](CC[C@H](O)c1ccc(O)c2[nH]c(=O)ccc12)Cc1cccc(CCC(=O)NCc2ccc(N(C)C(=O)CCN3CCC(OC(=O)Nc4ccccc4-c4ccccc4)CC3)cc2)c1. The number of rotatable bonds is 18. The van der Waals surface area contributed by atoms with Gasteiger partial charge in [0.15, 0.2) is 0 Å². The van der Waals surface area contributed by atoms with Crippen LogP contribution in [-0.2, 0) is 33.7 Å². The number of benzene rings is 5. The number of aliphatic hydroxyl groups excluding tert-OH is 1. The minimum atomic E-state index is -0.738. The Labute approximate surface area is 380 Å². The van der Waals surface area contributed by atoms with Gasteiger partial charge in [0.2, 0.25) is 17.4 Å². The maximum absolute atomic E-state index is 13.2. The average Bonchev–Trinajstić information content (AvgIpc) is 3.32. The number of piperidine rings is 1. The normalized spacial score (nSPS) is 14.1. The number of aliphatic hydroxyl groups is 1. The molecule has 1 fully saturated rings. The highest BCUT2D eigenvalue weighted by molar-refractivity contribution is 5.93. The molecule has 1 aromatic heterocycles. The van der Waals surface area contributed by atoms with Crippen molar-refractivity contribution in [3.8, 4) is 16.9 Å². The molecule has 338 valence electrons. The highest BCUT2D eigenvalue weighted by atomic mass is 16.6. The Bertz CT molecular complexity index is 2610. The molecule has 1 saturated heterocycles. The zero-order chi connectivity index (χ0) is 45.7. The van der Waals surface area contributed by atoms with Crippen molar-refractivity contribution < 1.29 is 29.3 Å². The number of fused-ring (bicyclic) bond motifs is 1. The number of hydrogen-bond donors (Lipinski definition) is 5. The molecule has 6 aromatic rings. The largest absolute Gasteiger partial charge is 0.506 e. The second-order valence-corrected chi connectivity index (χ2v) is 17.1. The molecule has 65 heavy (non-hydrogen) atoms. The number of phenolic OH excluding ortho intramolecular Hbond substituents is 1. The molecule has 5 N–H and O–H groups in total. The zero-order valence-corrected chi connectivity index (χ0v) is 37.2. The van der Waals surface area contributed by atoms with E-state index in [0.29, 0.717) is 79.7 Å². The van der Waals surface area contributed by atoms with Gasteiger partial charge in [-0.1, -0.05) is 97.9 Å². The number of aryl methyl sites for hydroxylation is 1. The molecule has 12 heteroatoms. The van der Waals surface area contributed by atoms with Crippen molar-refractivity contribution in [2.45, 2.75) is 77.0 Å². The number of aromatic amines is 1. The predicted octanol–water partition coefficient (Wildman–Crippen LogP) is 8.91. The van der Waals surface area contributed by atoms with Crippen molar-refractivity contribution in [2.24, 2.45) is 5.92 Å². The molecule has 0 aliphatic carbocycles. The topological polar surface area (TPSA) is 164 Å². The van der Waals surface area contributed by atoms with Crippen LogP contribution in [-0.4, -0.2) is 70.8 Å². The minimum Gasteiger partial charge on any atom is -0.506 e. The van der Waals surface area contributed by atoms with Crippen molar-refractivity contribution >= 4 is 40.2 Å². The molecular weight excluding hydrogens is 819 g/mol. The number of aromatic nitrogens is 1. The third-order valence-electron chi connectivity index (χ3n) is 12.3. The van der Waals surface area contributed by atoms with E-state index in [0.717, 1.165) is 53.9 Å². The lowest BCUT2D eigenvalue weighted by Gasteiger charge is -2.31. The van der Waals surface area contributed by atoms with E-state index >= 15 is 0 Å². The molecular formula is C53H59N5O7. The fourth-order valence-electron chi connectivity index (χ4n) is 8.52. The number of pyridine rings is 1. The molecule has 3 amide bonds. The summed E-state index contributed by atoms with van der Waals surface area (Å²) in [5.41, 5.74) is 7.34. The van der Waals surface area contributed by atoms with Crippen LogP contribution >= 0.6 is 0 Å². The van der Waals surface area contributed by atoms with E-state index in [1.807, 2.05) is 91.0 Å². The van der Waals surface area contributed by atoms with Gasteiger partial charge in [-0.2, -0.15) is 0 Å². The number of carbonyl (C=O) groups excluding carboxylic acids is 3. The van der Waals surface area contributed by atoms with Gasteiger partial charge in [-0.25, -0.2) is 4.79 Å². The Kier molecular flexibility index (Phi) is 15.8. The number of anilines is 2. The maximum Gasteiger partial charge on any atom is 0.411 e. The van der Waals surface area contributed by atoms with Crippen LogP contribution in [0.4, 0.5) is 16.2 Å². The van der Waals surface area contributed by atoms with Gasteiger partial charge in [-0.3, -0.25) is 19.7 Å². The quantitative estimate of drug-likeness (QED) is 0.0572. The molecule has 5 aromatic carbocycles. The Morgan fingerprint density at radius 3 is 2.35 bits per heavy atom. The van der Waals surface area contributed by atoms with Crippen molar-refractivity contribution in [1.82, 2.24) is 15.2 Å². The van der Waals surface area contributed by atoms with Crippen molar-refractivity contribution in [3.63, 3.8) is 0 Å². The molecule has 12 nitrogen and oxygen atoms in total. The van der Waals surface area contributed by atoms with Gasteiger partial charge in [0.1, 0.15) is 11.9 Å². The van der Waals surface area contributed by atoms with Crippen molar-refractivity contribution in [3.05, 3.63) is 160 Å². The summed E-state index contributed by atoms with van der Waals surface area (Å²) in [5.74, 6) is 0.242. The molecule has 0 radical (unpaired) electrons. The number of H-pyrrole nitrogens is 1. The summed E-state index contributed by atoms with van der Waals surface area (Å²) >= 11 is 0. The van der Waals surface area contributed by atoms with E-state index in [1.165, 1.54) is 17.7 Å². The average molecular weight is 878 g/mol. The molecule has 1 aliphatic heterocycles. The molecule has 2 atom stereocenters. The van der Waals surface area contributed by atoms with E-state index in [2.05, 4.69) is 39.6 Å². The number of nitrogens with one attached hydrogen (secondary N) is 3. The standard InChI is InChI=1S/C53H59N5O7/c1-36(15-23-47(59)44-21-24-48(60)52-45(44)22-26-50(62)56-52)33-39-10-8-9-37(34-39)18-25-49(61)54-35-38-16-19-41(20-17-38)57(2)51(63)29-32-58-30-27-42(28-31-58)65-53(64)55-46-14-7-6-13-43(46)40-11-4-3-5-12-40/h3-14,16-17,19-22,24,26,34,36,42,47,59-60H,15,18,23,25,27-33,35H2,1-2H3,(H,54,61)(H,55,64)(H,56,62)/t36-,47-/m0/s1. The van der Waals surface area contributed by atoms with Gasteiger partial charge in [0.05, 0.1) is 17.3 Å². The minimum absolute atomic E-state index is 0.0121. The van der Waals surface area contributed by atoms with Gasteiger partial charge in [-0.15, -0.1) is 0 Å². The summed E-state index contributed by atoms with van der Waals surface area (Å²) in [6.07, 6.45) is 3.50. The van der Waals surface area contributed by atoms with E-state index in [-0.39, 0.29) is 29.2 Å². The van der Waals surface area contributed by atoms with Crippen LogP contribution in [0.25, 0.3) is 22.0 Å². The molecule has 0 bridgehead atoms. The second-order valence-electron chi connectivity index (χ2n) is 17.1. The number of likely N-dealkylation sites (tertiary alicyclic amines) is 1. The fourth-order valence-corrected chi connectivity index (χ4v) is 8.52. The van der Waals surface area contributed by atoms with E-state index in [1.54, 1.807) is 24.1 Å². The summed E-state index contributed by atoms with van der Waals surface area (Å²) < 4.78 is 5.78. The first-order valence-corrected chi connectivity index (χ1v) is 22.6. The van der Waals surface area contributed by atoms with Gasteiger partial charge in [-0.05, 0) is 103 Å². The maximum atomic E-state index is 13.2. The highest BCUT2D eigenvalue weighted by Crippen LogP contribution is 2.32. The van der Waals surface area contributed by atoms with Crippen LogP contribution in [0.2, 0.25) is 0 Å². The van der Waals surface area contributed by atoms with E-state index in [4.69, 9.17) is 4.74 Å². The zero-order valence-electron chi connectivity index (χ0n) is 37.2. The number of phenols is 1. The number of ether oxygens (including phenoxy) is 1. The Hall–Kier alpha value is -6.76. The van der Waals surface area contributed by atoms with Crippen LogP contribution in [0, 0.1) is 5.92 Å². The molecule has 0 spiro atoms. The molecule has 1 aliphatic rings. The van der Waals surface area contributed by atoms with E-state index in [9.17, 15) is 29.4 Å². The number of carbonyl (C=O) groups is 3. The Balaban J connectivity index is 0.775. The number of aromatic hydroxyl groups is 1. The molecule has 7 rings (SSSR count). The molecule has 2 heterocycles. The fraction of sp³-hybridized carbons (Fsp3) is 0.321. The van der Waals surface area contributed by atoms with Gasteiger partial charge >= 0.3 is 6.09 Å². The lowest BCUT2D eigenvalue weighted by molar-refractivity contribution is -0.121. The smallest absolute Gasteiger partial charge is 0.411 e. The number of hydrogen-bond acceptors (Lipinski definition) is 8. The van der Waals surface area contributed by atoms with E-state index < -0.39 is 12.2 Å². The Morgan fingerprint density at radius 2 is 1.57 bits per heavy atom. The van der Waals surface area contributed by atoms with Crippen molar-refractivity contribution in [2.75, 3.05) is 36.9 Å². The van der Waals surface area contributed by atoms with Gasteiger partial charge in [0, 0.05) is 68.8 Å². The first-order valence-electron chi connectivity index (χ1n) is 22.6. The predicted molar refractivity (Wildman–Crippen MR) is 256 cm³/mol. The monoisotopic (exact) mass is 877 g/mol. The summed E-state index contributed by atoms with van der Waals surface area (Å²) in [5, 5.41) is 27.8. The second kappa shape index (κ2) is 22.2. The third-order valence-corrected chi connectivity index (χ3v) is 12.3. The number of nitrogens with zero attached hydrogens (tertiary/aromatic N) is 2. The van der Waals surface area contributed by atoms with Crippen LogP contribution in [0.3, 0.4) is 0 Å². The summed E-state index contributed by atoms with van der Waals surface area (Å²) in [6.45, 7) is 4.65. The van der Waals surface area contributed by atoms with Crippen molar-refractivity contribution in [1.29, 1.82) is 0 Å². The molecule has 0 unspecified atom stereocenters. The lowest BCUT2D eigenvalue weighted by Crippen LogP contribution is -2.40. The summed E-state index contributed by atoms with van der Waals surface area (Å²) in [6, 6.07) is 39.8. The summed E-state index contributed by atoms with van der Waals surface area (Å²) in [7, 11) is 1.78. The molecule has 0 saturated carbocycles.